The van der Waals surface area contributed by atoms with E-state index >= 15 is 0 Å². The van der Waals surface area contributed by atoms with Gasteiger partial charge in [0, 0.05) is 23.7 Å². The van der Waals surface area contributed by atoms with Crippen molar-refractivity contribution in [3.05, 3.63) is 92.2 Å². The molecule has 4 rings (SSSR count). The first-order valence-corrected chi connectivity index (χ1v) is 9.38. The summed E-state index contributed by atoms with van der Waals surface area (Å²) in [6.45, 7) is 0.267. The van der Waals surface area contributed by atoms with E-state index < -0.39 is 11.2 Å². The Labute approximate surface area is 171 Å². The molecule has 0 spiro atoms. The van der Waals surface area contributed by atoms with Crippen LogP contribution in [0.15, 0.2) is 75.5 Å². The summed E-state index contributed by atoms with van der Waals surface area (Å²) in [5, 5.41) is 4.60. The summed E-state index contributed by atoms with van der Waals surface area (Å²) in [5.41, 5.74) is 1.28. The summed E-state index contributed by atoms with van der Waals surface area (Å²) in [7, 11) is 1.61. The molecule has 2 heterocycles. The van der Waals surface area contributed by atoms with Gasteiger partial charge in [-0.05, 0) is 48.0 Å². The molecule has 7 nitrogen and oxygen atoms in total. The van der Waals surface area contributed by atoms with Crippen molar-refractivity contribution in [1.29, 1.82) is 0 Å². The summed E-state index contributed by atoms with van der Waals surface area (Å²) in [4.78, 5) is 30.7. The lowest BCUT2D eigenvalue weighted by Gasteiger charge is -2.13. The number of benzene rings is 2. The van der Waals surface area contributed by atoms with Gasteiger partial charge in [0.05, 0.1) is 25.1 Å². The van der Waals surface area contributed by atoms with Crippen molar-refractivity contribution < 1.29 is 9.57 Å². The fourth-order valence-electron chi connectivity index (χ4n) is 3.21. The van der Waals surface area contributed by atoms with Crippen LogP contribution in [-0.2, 0) is 11.4 Å². The third-order valence-corrected chi connectivity index (χ3v) is 4.91. The van der Waals surface area contributed by atoms with Crippen molar-refractivity contribution in [3.8, 4) is 11.4 Å². The van der Waals surface area contributed by atoms with Crippen molar-refractivity contribution in [3.63, 3.8) is 0 Å². The Bertz CT molecular complexity index is 1180. The fourth-order valence-corrected chi connectivity index (χ4v) is 3.39. The molecule has 1 unspecified atom stereocenters. The third kappa shape index (κ3) is 3.95. The van der Waals surface area contributed by atoms with Crippen LogP contribution in [0.25, 0.3) is 5.69 Å². The molecule has 0 radical (unpaired) electrons. The van der Waals surface area contributed by atoms with Gasteiger partial charge in [-0.2, -0.15) is 0 Å². The number of aromatic nitrogens is 2. The zero-order chi connectivity index (χ0) is 20.4. The van der Waals surface area contributed by atoms with E-state index in [-0.39, 0.29) is 12.6 Å². The molecule has 2 aromatic carbocycles. The molecule has 0 bridgehead atoms. The first kappa shape index (κ1) is 19.0. The Morgan fingerprint density at radius 1 is 1.17 bits per heavy atom. The molecular weight excluding hydrogens is 394 g/mol. The molecule has 0 aliphatic carbocycles. The minimum atomic E-state index is -0.457. The number of methoxy groups -OCH3 is 1. The zero-order valence-corrected chi connectivity index (χ0v) is 16.4. The summed E-state index contributed by atoms with van der Waals surface area (Å²) >= 11 is 6.00. The maximum Gasteiger partial charge on any atom is 0.335 e. The van der Waals surface area contributed by atoms with Crippen LogP contribution in [0.3, 0.4) is 0 Å². The van der Waals surface area contributed by atoms with Gasteiger partial charge in [0.15, 0.2) is 6.10 Å². The van der Waals surface area contributed by atoms with Gasteiger partial charge in [-0.15, -0.1) is 0 Å². The lowest BCUT2D eigenvalue weighted by molar-refractivity contribution is 0.0712. The molecule has 0 fully saturated rings. The number of ether oxygens (including phenoxy) is 1. The lowest BCUT2D eigenvalue weighted by atomic mass is 10.0. The first-order chi connectivity index (χ1) is 14.0. The van der Waals surface area contributed by atoms with E-state index in [4.69, 9.17) is 21.2 Å². The monoisotopic (exact) mass is 411 g/mol. The summed E-state index contributed by atoms with van der Waals surface area (Å²) < 4.78 is 7.70. The molecule has 1 aliphatic rings. The number of halogens is 1. The van der Waals surface area contributed by atoms with Gasteiger partial charge in [0.2, 0.25) is 0 Å². The van der Waals surface area contributed by atoms with Gasteiger partial charge >= 0.3 is 5.69 Å². The van der Waals surface area contributed by atoms with Crippen LogP contribution in [0.4, 0.5) is 0 Å². The summed E-state index contributed by atoms with van der Waals surface area (Å²) in [6.07, 6.45) is 1.71. The number of hydrogen-bond acceptors (Lipinski definition) is 5. The maximum atomic E-state index is 12.9. The topological polar surface area (TPSA) is 74.8 Å². The van der Waals surface area contributed by atoms with Crippen LogP contribution < -0.4 is 16.0 Å². The van der Waals surface area contributed by atoms with Gasteiger partial charge in [-0.3, -0.25) is 9.36 Å². The average molecular weight is 412 g/mol. The molecule has 1 aliphatic heterocycles. The van der Waals surface area contributed by atoms with Gasteiger partial charge in [0.1, 0.15) is 5.75 Å². The second-order valence-corrected chi connectivity index (χ2v) is 7.04. The Hall–Kier alpha value is -3.32. The highest BCUT2D eigenvalue weighted by Gasteiger charge is 2.23. The Kier molecular flexibility index (Phi) is 5.22. The molecule has 0 saturated carbocycles. The standard InChI is InChI=1S/C21H18ClN3O4/c1-28-17-7-5-14(6-8-17)19-12-18(29-23-19)13-24-10-9-20(26)25(21(24)27)16-4-2-3-15(22)11-16/h2-11,18H,12-13H2,1H3. The van der Waals surface area contributed by atoms with Crippen LogP contribution in [0.2, 0.25) is 5.02 Å². The van der Waals surface area contributed by atoms with E-state index in [1.165, 1.54) is 16.8 Å². The van der Waals surface area contributed by atoms with E-state index in [1.54, 1.807) is 31.4 Å². The molecule has 148 valence electrons. The largest absolute Gasteiger partial charge is 0.497 e. The van der Waals surface area contributed by atoms with Gasteiger partial charge < -0.3 is 9.57 Å². The van der Waals surface area contributed by atoms with Crippen molar-refractivity contribution in [2.45, 2.75) is 19.1 Å². The van der Waals surface area contributed by atoms with Crippen LogP contribution in [0.5, 0.6) is 5.75 Å². The van der Waals surface area contributed by atoms with Crippen molar-refractivity contribution in [2.24, 2.45) is 5.16 Å². The third-order valence-electron chi connectivity index (χ3n) is 4.68. The van der Waals surface area contributed by atoms with E-state index in [0.717, 1.165) is 21.6 Å². The zero-order valence-electron chi connectivity index (χ0n) is 15.6. The normalized spacial score (nSPS) is 15.7. The highest BCUT2D eigenvalue weighted by atomic mass is 35.5. The molecule has 0 saturated heterocycles. The fraction of sp³-hybridized carbons (Fsp3) is 0.190. The number of rotatable bonds is 5. The Morgan fingerprint density at radius 2 is 1.97 bits per heavy atom. The highest BCUT2D eigenvalue weighted by Crippen LogP contribution is 2.20. The number of nitrogens with zero attached hydrogens (tertiary/aromatic N) is 3. The molecule has 3 aromatic rings. The average Bonchev–Trinajstić information content (AvgIpc) is 3.19. The Balaban J connectivity index is 1.54. The molecule has 8 heteroatoms. The Morgan fingerprint density at radius 3 is 2.69 bits per heavy atom. The molecule has 1 atom stereocenters. The summed E-state index contributed by atoms with van der Waals surface area (Å²) in [5.74, 6) is 0.764. The van der Waals surface area contributed by atoms with Crippen LogP contribution in [-0.4, -0.2) is 28.1 Å². The molecule has 1 aromatic heterocycles. The van der Waals surface area contributed by atoms with E-state index in [9.17, 15) is 9.59 Å². The second kappa shape index (κ2) is 7.97. The SMILES string of the molecule is COc1ccc(C2=NOC(Cn3ccc(=O)n(-c4cccc(Cl)c4)c3=O)C2)cc1. The van der Waals surface area contributed by atoms with E-state index in [1.807, 2.05) is 24.3 Å². The van der Waals surface area contributed by atoms with Crippen molar-refractivity contribution in [2.75, 3.05) is 7.11 Å². The van der Waals surface area contributed by atoms with Crippen molar-refractivity contribution in [1.82, 2.24) is 9.13 Å². The minimum Gasteiger partial charge on any atom is -0.497 e. The minimum absolute atomic E-state index is 0.267. The van der Waals surface area contributed by atoms with E-state index in [0.29, 0.717) is 17.1 Å². The predicted molar refractivity (Wildman–Crippen MR) is 110 cm³/mol. The van der Waals surface area contributed by atoms with Crippen LogP contribution in [0.1, 0.15) is 12.0 Å². The van der Waals surface area contributed by atoms with Crippen LogP contribution >= 0.6 is 11.6 Å². The highest BCUT2D eigenvalue weighted by molar-refractivity contribution is 6.30. The first-order valence-electron chi connectivity index (χ1n) is 9.01. The molecule has 0 amide bonds. The van der Waals surface area contributed by atoms with Crippen LogP contribution in [0, 0.1) is 0 Å². The smallest absolute Gasteiger partial charge is 0.335 e. The second-order valence-electron chi connectivity index (χ2n) is 6.60. The van der Waals surface area contributed by atoms with Gasteiger partial charge in [-0.1, -0.05) is 22.8 Å². The van der Waals surface area contributed by atoms with Crippen molar-refractivity contribution >= 4 is 17.3 Å². The van der Waals surface area contributed by atoms with Gasteiger partial charge in [0.25, 0.3) is 5.56 Å². The predicted octanol–water partition coefficient (Wildman–Crippen LogP) is 2.85. The number of oxime groups is 1. The molecule has 29 heavy (non-hydrogen) atoms. The quantitative estimate of drug-likeness (QED) is 0.647. The van der Waals surface area contributed by atoms with E-state index in [2.05, 4.69) is 5.16 Å². The lowest BCUT2D eigenvalue weighted by Crippen LogP contribution is -2.39. The maximum absolute atomic E-state index is 12.9. The van der Waals surface area contributed by atoms with Gasteiger partial charge in [-0.25, -0.2) is 9.36 Å². The molecular formula is C21H18ClN3O4. The molecule has 0 N–H and O–H groups in total. The number of hydrogen-bond donors (Lipinski definition) is 0. The summed E-state index contributed by atoms with van der Waals surface area (Å²) in [6, 6.07) is 15.5.